The Morgan fingerprint density at radius 1 is 1.50 bits per heavy atom. The van der Waals surface area contributed by atoms with E-state index in [4.69, 9.17) is 4.74 Å². The maximum atomic E-state index is 12.0. The van der Waals surface area contributed by atoms with Crippen LogP contribution in [0.4, 0.5) is 10.5 Å². The van der Waals surface area contributed by atoms with Gasteiger partial charge in [0.25, 0.3) is 0 Å². The number of anilines is 1. The first-order valence-corrected chi connectivity index (χ1v) is 6.31. The van der Waals surface area contributed by atoms with Crippen LogP contribution in [0.2, 0.25) is 0 Å². The summed E-state index contributed by atoms with van der Waals surface area (Å²) < 4.78 is 5.24. The molecule has 0 saturated carbocycles. The van der Waals surface area contributed by atoms with Gasteiger partial charge in [-0.2, -0.15) is 0 Å². The van der Waals surface area contributed by atoms with E-state index >= 15 is 0 Å². The van der Waals surface area contributed by atoms with E-state index in [2.05, 4.69) is 0 Å². The van der Waals surface area contributed by atoms with Crippen LogP contribution in [-0.4, -0.2) is 24.4 Å². The third-order valence-corrected chi connectivity index (χ3v) is 2.97. The van der Waals surface area contributed by atoms with Crippen LogP contribution in [0.25, 0.3) is 0 Å². The summed E-state index contributed by atoms with van der Waals surface area (Å²) >= 11 is 0. The molecule has 18 heavy (non-hydrogen) atoms. The van der Waals surface area contributed by atoms with Crippen molar-refractivity contribution >= 4 is 11.8 Å². The smallest absolute Gasteiger partial charge is 0.414 e. The molecule has 1 heterocycles. The van der Waals surface area contributed by atoms with Crippen molar-refractivity contribution in [3.63, 3.8) is 0 Å². The SMILES string of the molecule is CC(C)COC(=O)N1CCC(O)c2ccccc21. The normalized spacial score (nSPS) is 18.7. The number of fused-ring (bicyclic) bond motifs is 1. The minimum atomic E-state index is -0.490. The van der Waals surface area contributed by atoms with Crippen molar-refractivity contribution < 1.29 is 14.6 Å². The van der Waals surface area contributed by atoms with Gasteiger partial charge in [0.05, 0.1) is 18.4 Å². The average molecular weight is 249 g/mol. The molecule has 4 nitrogen and oxygen atoms in total. The summed E-state index contributed by atoms with van der Waals surface area (Å²) in [4.78, 5) is 13.6. The molecule has 1 aliphatic rings. The van der Waals surface area contributed by atoms with Gasteiger partial charge in [-0.25, -0.2) is 4.79 Å². The molecule has 1 aromatic carbocycles. The van der Waals surface area contributed by atoms with Crippen LogP contribution in [0.1, 0.15) is 31.9 Å². The van der Waals surface area contributed by atoms with Crippen molar-refractivity contribution in [2.45, 2.75) is 26.4 Å². The minimum Gasteiger partial charge on any atom is -0.449 e. The number of hydrogen-bond donors (Lipinski definition) is 1. The van der Waals surface area contributed by atoms with Gasteiger partial charge in [0.1, 0.15) is 0 Å². The molecule has 1 atom stereocenters. The van der Waals surface area contributed by atoms with E-state index in [1.54, 1.807) is 4.90 Å². The molecule has 0 radical (unpaired) electrons. The monoisotopic (exact) mass is 249 g/mol. The highest BCUT2D eigenvalue weighted by Crippen LogP contribution is 2.33. The maximum absolute atomic E-state index is 12.0. The summed E-state index contributed by atoms with van der Waals surface area (Å²) in [6.45, 7) is 4.91. The molecule has 1 N–H and O–H groups in total. The fourth-order valence-electron chi connectivity index (χ4n) is 2.05. The summed E-state index contributed by atoms with van der Waals surface area (Å²) in [5.74, 6) is 0.319. The van der Waals surface area contributed by atoms with E-state index in [1.165, 1.54) is 0 Å². The van der Waals surface area contributed by atoms with Gasteiger partial charge in [0.15, 0.2) is 0 Å². The number of hydrogen-bond acceptors (Lipinski definition) is 3. The van der Waals surface area contributed by atoms with Gasteiger partial charge >= 0.3 is 6.09 Å². The Kier molecular flexibility index (Phi) is 3.87. The van der Waals surface area contributed by atoms with Gasteiger partial charge in [-0.3, -0.25) is 4.90 Å². The first kappa shape index (κ1) is 12.9. The Morgan fingerprint density at radius 3 is 2.94 bits per heavy atom. The van der Waals surface area contributed by atoms with E-state index in [1.807, 2.05) is 38.1 Å². The average Bonchev–Trinajstić information content (AvgIpc) is 2.37. The Labute approximate surface area is 107 Å². The number of carbonyl (C=O) groups is 1. The third-order valence-electron chi connectivity index (χ3n) is 2.97. The predicted octanol–water partition coefficient (Wildman–Crippen LogP) is 2.72. The zero-order valence-corrected chi connectivity index (χ0v) is 10.8. The second kappa shape index (κ2) is 5.40. The van der Waals surface area contributed by atoms with Crippen LogP contribution in [0.15, 0.2) is 24.3 Å². The Balaban J connectivity index is 2.15. The number of para-hydroxylation sites is 1. The van der Waals surface area contributed by atoms with Crippen molar-refractivity contribution in [1.82, 2.24) is 0 Å². The molecule has 0 fully saturated rings. The summed E-state index contributed by atoms with van der Waals surface area (Å²) in [6, 6.07) is 7.42. The molecule has 0 bridgehead atoms. The molecule has 2 rings (SSSR count). The molecule has 4 heteroatoms. The van der Waals surface area contributed by atoms with Gasteiger partial charge in [-0.1, -0.05) is 32.0 Å². The number of amides is 1. The zero-order valence-electron chi connectivity index (χ0n) is 10.8. The van der Waals surface area contributed by atoms with Crippen molar-refractivity contribution in [1.29, 1.82) is 0 Å². The van der Waals surface area contributed by atoms with Crippen LogP contribution < -0.4 is 4.90 Å². The number of benzene rings is 1. The standard InChI is InChI=1S/C14H19NO3/c1-10(2)9-18-14(17)15-8-7-13(16)11-5-3-4-6-12(11)15/h3-6,10,13,16H,7-9H2,1-2H3. The lowest BCUT2D eigenvalue weighted by Gasteiger charge is -2.31. The number of rotatable bonds is 2. The van der Waals surface area contributed by atoms with Crippen LogP contribution in [0.3, 0.4) is 0 Å². The van der Waals surface area contributed by atoms with Gasteiger partial charge in [0.2, 0.25) is 0 Å². The second-order valence-corrected chi connectivity index (χ2v) is 4.99. The summed E-state index contributed by atoms with van der Waals surface area (Å²) in [7, 11) is 0. The minimum absolute atomic E-state index is 0.319. The number of ether oxygens (including phenoxy) is 1. The van der Waals surface area contributed by atoms with E-state index < -0.39 is 6.10 Å². The van der Waals surface area contributed by atoms with Gasteiger partial charge in [-0.05, 0) is 18.4 Å². The molecular formula is C14H19NO3. The first-order chi connectivity index (χ1) is 8.59. The quantitative estimate of drug-likeness (QED) is 0.876. The Bertz CT molecular complexity index is 431. The lowest BCUT2D eigenvalue weighted by Crippen LogP contribution is -2.37. The molecule has 0 aromatic heterocycles. The topological polar surface area (TPSA) is 49.8 Å². The Hall–Kier alpha value is -1.55. The van der Waals surface area contributed by atoms with Gasteiger partial charge in [0, 0.05) is 12.1 Å². The maximum Gasteiger partial charge on any atom is 0.414 e. The van der Waals surface area contributed by atoms with E-state index in [0.29, 0.717) is 25.5 Å². The predicted molar refractivity (Wildman–Crippen MR) is 69.6 cm³/mol. The van der Waals surface area contributed by atoms with Crippen LogP contribution >= 0.6 is 0 Å². The largest absolute Gasteiger partial charge is 0.449 e. The van der Waals surface area contributed by atoms with E-state index in [9.17, 15) is 9.90 Å². The number of aliphatic hydroxyl groups excluding tert-OH is 1. The van der Waals surface area contributed by atoms with Crippen molar-refractivity contribution in [3.05, 3.63) is 29.8 Å². The van der Waals surface area contributed by atoms with E-state index in [0.717, 1.165) is 11.3 Å². The Morgan fingerprint density at radius 2 is 2.22 bits per heavy atom. The van der Waals surface area contributed by atoms with Crippen molar-refractivity contribution in [3.8, 4) is 0 Å². The van der Waals surface area contributed by atoms with Crippen LogP contribution in [0.5, 0.6) is 0 Å². The molecule has 1 unspecified atom stereocenters. The molecule has 0 spiro atoms. The zero-order chi connectivity index (χ0) is 13.1. The van der Waals surface area contributed by atoms with Gasteiger partial charge < -0.3 is 9.84 Å². The second-order valence-electron chi connectivity index (χ2n) is 4.99. The fourth-order valence-corrected chi connectivity index (χ4v) is 2.05. The number of aliphatic hydroxyl groups is 1. The summed E-state index contributed by atoms with van der Waals surface area (Å²) in [6.07, 6.45) is -0.272. The number of nitrogens with zero attached hydrogens (tertiary/aromatic N) is 1. The summed E-state index contributed by atoms with van der Waals surface area (Å²) in [5, 5.41) is 9.90. The first-order valence-electron chi connectivity index (χ1n) is 6.31. The fraction of sp³-hybridized carbons (Fsp3) is 0.500. The lowest BCUT2D eigenvalue weighted by molar-refractivity contribution is 0.132. The third kappa shape index (κ3) is 2.64. The summed E-state index contributed by atoms with van der Waals surface area (Å²) in [5.41, 5.74) is 1.55. The van der Waals surface area contributed by atoms with Gasteiger partial charge in [-0.15, -0.1) is 0 Å². The highest BCUT2D eigenvalue weighted by Gasteiger charge is 2.28. The lowest BCUT2D eigenvalue weighted by atomic mass is 9.99. The van der Waals surface area contributed by atoms with Crippen molar-refractivity contribution in [2.75, 3.05) is 18.1 Å². The highest BCUT2D eigenvalue weighted by atomic mass is 16.6. The van der Waals surface area contributed by atoms with Crippen LogP contribution in [0, 0.1) is 5.92 Å². The molecule has 1 aromatic rings. The van der Waals surface area contributed by atoms with Crippen molar-refractivity contribution in [2.24, 2.45) is 5.92 Å². The molecule has 0 saturated heterocycles. The highest BCUT2D eigenvalue weighted by molar-refractivity contribution is 5.89. The number of carbonyl (C=O) groups excluding carboxylic acids is 1. The molecule has 98 valence electrons. The molecular weight excluding hydrogens is 230 g/mol. The molecule has 1 amide bonds. The molecule has 0 aliphatic carbocycles. The van der Waals surface area contributed by atoms with Crippen LogP contribution in [-0.2, 0) is 4.74 Å². The molecule has 1 aliphatic heterocycles. The van der Waals surface area contributed by atoms with E-state index in [-0.39, 0.29) is 6.09 Å².